The van der Waals surface area contributed by atoms with E-state index in [0.29, 0.717) is 19.4 Å². The van der Waals surface area contributed by atoms with Crippen LogP contribution >= 0.6 is 0 Å². The average Bonchev–Trinajstić information content (AvgIpc) is 2.28. The van der Waals surface area contributed by atoms with Gasteiger partial charge in [0, 0.05) is 5.75 Å². The third-order valence-electron chi connectivity index (χ3n) is 2.17. The van der Waals surface area contributed by atoms with Gasteiger partial charge in [0.15, 0.2) is 0 Å². The zero-order valence-corrected chi connectivity index (χ0v) is 10.3. The molecule has 0 bridgehead atoms. The molecule has 0 saturated heterocycles. The van der Waals surface area contributed by atoms with Crippen molar-refractivity contribution in [1.29, 1.82) is 0 Å². The van der Waals surface area contributed by atoms with Crippen molar-refractivity contribution in [2.75, 3.05) is 12.4 Å². The molecular weight excluding hydrogens is 240 g/mol. The van der Waals surface area contributed by atoms with E-state index in [0.717, 1.165) is 11.3 Å². The first-order valence-corrected chi connectivity index (χ1v) is 6.88. The molecule has 0 aliphatic heterocycles. The minimum Gasteiger partial charge on any atom is -0.748 e. The van der Waals surface area contributed by atoms with Crippen LogP contribution in [0.2, 0.25) is 0 Å². The molecule has 1 rings (SSSR count). The van der Waals surface area contributed by atoms with Gasteiger partial charge >= 0.3 is 0 Å². The van der Waals surface area contributed by atoms with E-state index < -0.39 is 10.1 Å². The second kappa shape index (κ2) is 6.42. The summed E-state index contributed by atoms with van der Waals surface area (Å²) in [6.45, 7) is 4.05. The Balaban J connectivity index is 2.24. The predicted octanol–water partition coefficient (Wildman–Crippen LogP) is 2.03. The Morgan fingerprint density at radius 2 is 1.88 bits per heavy atom. The van der Waals surface area contributed by atoms with Gasteiger partial charge in [0.1, 0.15) is 5.75 Å². The van der Waals surface area contributed by atoms with Crippen LogP contribution < -0.4 is 4.74 Å². The lowest BCUT2D eigenvalue weighted by molar-refractivity contribution is 0.309. The molecule has 0 radical (unpaired) electrons. The number of hydrogen-bond acceptors (Lipinski definition) is 4. The van der Waals surface area contributed by atoms with Crippen LogP contribution in [0.15, 0.2) is 30.8 Å². The van der Waals surface area contributed by atoms with Crippen LogP contribution in [0.25, 0.3) is 6.08 Å². The fourth-order valence-electron chi connectivity index (χ4n) is 1.27. The van der Waals surface area contributed by atoms with Gasteiger partial charge in [-0.3, -0.25) is 0 Å². The number of benzene rings is 1. The molecule has 1 aromatic rings. The smallest absolute Gasteiger partial charge is 0.119 e. The molecular formula is C12H15O4S-. The molecule has 0 aromatic heterocycles. The molecule has 0 aliphatic carbocycles. The van der Waals surface area contributed by atoms with Gasteiger partial charge < -0.3 is 9.29 Å². The molecule has 94 valence electrons. The summed E-state index contributed by atoms with van der Waals surface area (Å²) in [5.74, 6) is 0.395. The molecule has 17 heavy (non-hydrogen) atoms. The zero-order valence-electron chi connectivity index (χ0n) is 9.46. The molecule has 0 spiro atoms. The monoisotopic (exact) mass is 255 g/mol. The van der Waals surface area contributed by atoms with Gasteiger partial charge in [-0.2, -0.15) is 0 Å². The topological polar surface area (TPSA) is 66.4 Å². The van der Waals surface area contributed by atoms with E-state index in [1.54, 1.807) is 6.08 Å². The first-order chi connectivity index (χ1) is 8.01. The number of ether oxygens (including phenoxy) is 1. The van der Waals surface area contributed by atoms with Crippen molar-refractivity contribution >= 4 is 16.2 Å². The first kappa shape index (κ1) is 13.7. The summed E-state index contributed by atoms with van der Waals surface area (Å²) in [6.07, 6.45) is 2.62. The van der Waals surface area contributed by atoms with E-state index in [4.69, 9.17) is 4.74 Å². The molecule has 0 fully saturated rings. The SMILES string of the molecule is C=Cc1ccc(OCCCCS(=O)(=O)[O-])cc1. The average molecular weight is 255 g/mol. The molecule has 0 atom stereocenters. The van der Waals surface area contributed by atoms with Gasteiger partial charge in [0.05, 0.1) is 16.7 Å². The van der Waals surface area contributed by atoms with Crippen LogP contribution in [-0.2, 0) is 10.1 Å². The van der Waals surface area contributed by atoms with E-state index in [1.807, 2.05) is 24.3 Å². The molecule has 1 aromatic carbocycles. The van der Waals surface area contributed by atoms with Crippen LogP contribution in [0, 0.1) is 0 Å². The summed E-state index contributed by atoms with van der Waals surface area (Å²) < 4.78 is 36.4. The maximum absolute atomic E-state index is 10.3. The molecule has 0 N–H and O–H groups in total. The van der Waals surface area contributed by atoms with Crippen molar-refractivity contribution in [2.45, 2.75) is 12.8 Å². The standard InChI is InChI=1S/C12H16O4S/c1-2-11-5-7-12(8-6-11)16-9-3-4-10-17(13,14)15/h2,5-8H,1,3-4,9-10H2,(H,13,14,15)/p-1. The normalized spacial score (nSPS) is 11.1. The number of unbranched alkanes of at least 4 members (excludes halogenated alkanes) is 1. The second-order valence-electron chi connectivity index (χ2n) is 3.59. The zero-order chi connectivity index (χ0) is 12.7. The molecule has 0 aliphatic rings. The Morgan fingerprint density at radius 3 is 2.41 bits per heavy atom. The fourth-order valence-corrected chi connectivity index (χ4v) is 1.83. The van der Waals surface area contributed by atoms with Crippen molar-refractivity contribution in [1.82, 2.24) is 0 Å². The summed E-state index contributed by atoms with van der Waals surface area (Å²) in [6, 6.07) is 7.40. The van der Waals surface area contributed by atoms with Crippen molar-refractivity contribution in [3.05, 3.63) is 36.4 Å². The van der Waals surface area contributed by atoms with Crippen molar-refractivity contribution < 1.29 is 17.7 Å². The number of hydrogen-bond donors (Lipinski definition) is 0. The van der Waals surface area contributed by atoms with Gasteiger partial charge in [-0.1, -0.05) is 24.8 Å². The molecule has 5 heteroatoms. The predicted molar refractivity (Wildman–Crippen MR) is 65.8 cm³/mol. The van der Waals surface area contributed by atoms with Crippen LogP contribution in [0.5, 0.6) is 5.75 Å². The molecule has 4 nitrogen and oxygen atoms in total. The highest BCUT2D eigenvalue weighted by atomic mass is 32.2. The minimum atomic E-state index is -4.09. The fraction of sp³-hybridized carbons (Fsp3) is 0.333. The lowest BCUT2D eigenvalue weighted by atomic mass is 10.2. The third-order valence-corrected chi connectivity index (χ3v) is 2.96. The van der Waals surface area contributed by atoms with Gasteiger partial charge in [-0.25, -0.2) is 8.42 Å². The maximum atomic E-state index is 10.3. The van der Waals surface area contributed by atoms with Crippen molar-refractivity contribution in [3.63, 3.8) is 0 Å². The van der Waals surface area contributed by atoms with Gasteiger partial charge in [-0.05, 0) is 30.5 Å². The van der Waals surface area contributed by atoms with E-state index >= 15 is 0 Å². The molecule has 0 saturated carbocycles. The van der Waals surface area contributed by atoms with E-state index in [-0.39, 0.29) is 5.75 Å². The highest BCUT2D eigenvalue weighted by Crippen LogP contribution is 2.13. The highest BCUT2D eigenvalue weighted by Gasteiger charge is 1.97. The summed E-state index contributed by atoms with van der Waals surface area (Å²) in [4.78, 5) is 0. The highest BCUT2D eigenvalue weighted by molar-refractivity contribution is 7.85. The summed E-state index contributed by atoms with van der Waals surface area (Å²) in [7, 11) is -4.09. The molecule has 0 heterocycles. The van der Waals surface area contributed by atoms with E-state index in [9.17, 15) is 13.0 Å². The van der Waals surface area contributed by atoms with Crippen molar-refractivity contribution in [2.24, 2.45) is 0 Å². The quantitative estimate of drug-likeness (QED) is 0.552. The Kier molecular flexibility index (Phi) is 5.18. The van der Waals surface area contributed by atoms with Crippen molar-refractivity contribution in [3.8, 4) is 5.75 Å². The maximum Gasteiger partial charge on any atom is 0.119 e. The van der Waals surface area contributed by atoms with E-state index in [2.05, 4.69) is 6.58 Å². The van der Waals surface area contributed by atoms with Crippen LogP contribution in [0.1, 0.15) is 18.4 Å². The van der Waals surface area contributed by atoms with Gasteiger partial charge in [0.2, 0.25) is 0 Å². The third kappa shape index (κ3) is 6.09. The minimum absolute atomic E-state index is 0.328. The summed E-state index contributed by atoms with van der Waals surface area (Å²) in [5, 5.41) is 0. The van der Waals surface area contributed by atoms with Crippen LogP contribution in [0.4, 0.5) is 0 Å². The largest absolute Gasteiger partial charge is 0.748 e. The first-order valence-electron chi connectivity index (χ1n) is 5.30. The van der Waals surface area contributed by atoms with Crippen LogP contribution in [-0.4, -0.2) is 25.3 Å². The number of rotatable bonds is 7. The lowest BCUT2D eigenvalue weighted by Crippen LogP contribution is -2.06. The lowest BCUT2D eigenvalue weighted by Gasteiger charge is -2.08. The van der Waals surface area contributed by atoms with Gasteiger partial charge in [-0.15, -0.1) is 0 Å². The molecule has 0 amide bonds. The Hall–Kier alpha value is -1.33. The second-order valence-corrected chi connectivity index (χ2v) is 5.11. The summed E-state index contributed by atoms with van der Waals surface area (Å²) in [5.41, 5.74) is 1.01. The summed E-state index contributed by atoms with van der Waals surface area (Å²) >= 11 is 0. The van der Waals surface area contributed by atoms with Crippen LogP contribution in [0.3, 0.4) is 0 Å². The Morgan fingerprint density at radius 1 is 1.24 bits per heavy atom. The molecule has 0 unspecified atom stereocenters. The Labute approximate surface area is 102 Å². The Bertz CT molecular complexity index is 448. The van der Waals surface area contributed by atoms with Gasteiger partial charge in [0.25, 0.3) is 0 Å². The van der Waals surface area contributed by atoms with E-state index in [1.165, 1.54) is 0 Å².